The molecule has 2 aliphatic rings. The number of aliphatic hydroxyl groups is 1. The average Bonchev–Trinajstić information content (AvgIpc) is 2.80. The van der Waals surface area contributed by atoms with Crippen molar-refractivity contribution < 1.29 is 28.6 Å². The lowest BCUT2D eigenvalue weighted by Gasteiger charge is -2.36. The molecule has 1 saturated heterocycles. The van der Waals surface area contributed by atoms with Gasteiger partial charge in [0.2, 0.25) is 0 Å². The number of rotatable bonds is 5. The Morgan fingerprint density at radius 3 is 2.67 bits per heavy atom. The number of likely N-dealkylation sites (tertiary alicyclic amines) is 1. The molecule has 2 aromatic carbocycles. The molecule has 0 aromatic heterocycles. The number of ether oxygens (including phenoxy) is 2. The first-order chi connectivity index (χ1) is 15.8. The van der Waals surface area contributed by atoms with Crippen molar-refractivity contribution in [3.05, 3.63) is 57.8 Å². The van der Waals surface area contributed by atoms with Gasteiger partial charge in [0.1, 0.15) is 17.3 Å². The minimum atomic E-state index is -0.827. The largest absolute Gasteiger partial charge is 0.484 e. The van der Waals surface area contributed by atoms with Crippen LogP contribution in [0.4, 0.5) is 4.39 Å². The molecule has 1 fully saturated rings. The molecular weight excluding hydrogens is 474 g/mol. The Morgan fingerprint density at radius 2 is 1.94 bits per heavy atom. The topological polar surface area (TPSA) is 88.1 Å². The number of fused-ring (bicyclic) bond motifs is 1. The zero-order valence-corrected chi connectivity index (χ0v) is 19.1. The Morgan fingerprint density at radius 1 is 1.18 bits per heavy atom. The van der Waals surface area contributed by atoms with E-state index < -0.39 is 18.0 Å². The highest BCUT2D eigenvalue weighted by atomic mass is 35.5. The molecule has 4 rings (SSSR count). The maximum Gasteiger partial charge on any atom is 0.263 e. The summed E-state index contributed by atoms with van der Waals surface area (Å²) in [5.41, 5.74) is 0.580. The van der Waals surface area contributed by atoms with Gasteiger partial charge in [0, 0.05) is 42.2 Å². The number of hydrogen-bond acceptors (Lipinski definition) is 5. The van der Waals surface area contributed by atoms with Crippen molar-refractivity contribution >= 4 is 35.0 Å². The van der Waals surface area contributed by atoms with Crippen LogP contribution in [0.1, 0.15) is 30.9 Å². The quantitative estimate of drug-likeness (QED) is 0.661. The van der Waals surface area contributed by atoms with Crippen molar-refractivity contribution in [2.75, 3.05) is 19.7 Å². The first kappa shape index (κ1) is 23.6. The lowest BCUT2D eigenvalue weighted by Crippen LogP contribution is -2.51. The zero-order valence-electron chi connectivity index (χ0n) is 17.6. The van der Waals surface area contributed by atoms with Gasteiger partial charge < -0.3 is 24.8 Å². The van der Waals surface area contributed by atoms with E-state index in [-0.39, 0.29) is 41.7 Å². The first-order valence-electron chi connectivity index (χ1n) is 10.6. The molecule has 0 spiro atoms. The van der Waals surface area contributed by atoms with E-state index in [1.54, 1.807) is 23.1 Å². The van der Waals surface area contributed by atoms with Crippen molar-refractivity contribution in [2.24, 2.45) is 0 Å². The van der Waals surface area contributed by atoms with Crippen LogP contribution in [0.2, 0.25) is 10.0 Å². The summed E-state index contributed by atoms with van der Waals surface area (Å²) in [7, 11) is 0. The number of piperidine rings is 1. The fourth-order valence-corrected chi connectivity index (χ4v) is 4.30. The highest BCUT2D eigenvalue weighted by molar-refractivity contribution is 6.31. The van der Waals surface area contributed by atoms with E-state index in [0.717, 1.165) is 6.07 Å². The third-order valence-corrected chi connectivity index (χ3v) is 6.29. The Kier molecular flexibility index (Phi) is 7.26. The van der Waals surface area contributed by atoms with Crippen molar-refractivity contribution in [1.82, 2.24) is 10.2 Å². The smallest absolute Gasteiger partial charge is 0.263 e. The molecule has 2 aromatic rings. The number of carbonyl (C=O) groups is 2. The standard InChI is InChI=1S/C23H23Cl2FN2O5/c24-13-1-4-20-16(9-13)19(29)11-21(33-20)23(31)28-7-5-14(6-8-28)27-22(30)12-32-15-2-3-17(25)18(26)10-15/h1-4,9-10,14,19,21,29H,5-8,11-12H2,(H,27,30)/t19-,21-/m0/s1. The summed E-state index contributed by atoms with van der Waals surface area (Å²) in [6, 6.07) is 8.82. The van der Waals surface area contributed by atoms with Crippen LogP contribution in [0.5, 0.6) is 11.5 Å². The molecule has 0 radical (unpaired) electrons. The number of aliphatic hydroxyl groups excluding tert-OH is 1. The highest BCUT2D eigenvalue weighted by Gasteiger charge is 2.35. The van der Waals surface area contributed by atoms with Crippen molar-refractivity contribution in [2.45, 2.75) is 37.5 Å². The van der Waals surface area contributed by atoms with E-state index in [0.29, 0.717) is 42.3 Å². The van der Waals surface area contributed by atoms with Crippen LogP contribution in [0.25, 0.3) is 0 Å². The van der Waals surface area contributed by atoms with E-state index in [2.05, 4.69) is 5.32 Å². The van der Waals surface area contributed by atoms with Crippen LogP contribution in [0, 0.1) is 5.82 Å². The fourth-order valence-electron chi connectivity index (χ4n) is 4.00. The molecule has 2 atom stereocenters. The van der Waals surface area contributed by atoms with E-state index in [4.69, 9.17) is 32.7 Å². The van der Waals surface area contributed by atoms with Gasteiger partial charge in [0.05, 0.1) is 11.1 Å². The van der Waals surface area contributed by atoms with Gasteiger partial charge in [0.25, 0.3) is 11.8 Å². The van der Waals surface area contributed by atoms with Crippen molar-refractivity contribution in [3.8, 4) is 11.5 Å². The predicted octanol–water partition coefficient (Wildman–Crippen LogP) is 3.50. The van der Waals surface area contributed by atoms with Crippen LogP contribution in [-0.2, 0) is 9.59 Å². The van der Waals surface area contributed by atoms with Crippen LogP contribution >= 0.6 is 23.2 Å². The molecule has 0 saturated carbocycles. The van der Waals surface area contributed by atoms with E-state index in [9.17, 15) is 19.1 Å². The molecule has 0 aliphatic carbocycles. The minimum Gasteiger partial charge on any atom is -0.484 e. The summed E-state index contributed by atoms with van der Waals surface area (Å²) < 4.78 is 24.6. The van der Waals surface area contributed by atoms with E-state index in [1.165, 1.54) is 12.1 Å². The molecule has 7 nitrogen and oxygen atoms in total. The predicted molar refractivity (Wildman–Crippen MR) is 120 cm³/mol. The summed E-state index contributed by atoms with van der Waals surface area (Å²) in [5.74, 6) is -0.463. The number of benzene rings is 2. The molecule has 2 heterocycles. The third kappa shape index (κ3) is 5.69. The minimum absolute atomic E-state index is 0.0187. The van der Waals surface area contributed by atoms with E-state index in [1.807, 2.05) is 0 Å². The lowest BCUT2D eigenvalue weighted by molar-refractivity contribution is -0.142. The van der Waals surface area contributed by atoms with Gasteiger partial charge in [-0.05, 0) is 43.2 Å². The summed E-state index contributed by atoms with van der Waals surface area (Å²) in [5, 5.41) is 13.8. The monoisotopic (exact) mass is 496 g/mol. The van der Waals surface area contributed by atoms with Crippen molar-refractivity contribution in [1.29, 1.82) is 0 Å². The number of halogens is 3. The summed E-state index contributed by atoms with van der Waals surface area (Å²) in [4.78, 5) is 26.8. The Balaban J connectivity index is 1.24. The Hall–Kier alpha value is -2.55. The normalized spacial score (nSPS) is 20.5. The summed E-state index contributed by atoms with van der Waals surface area (Å²) in [6.07, 6.45) is -0.283. The van der Waals surface area contributed by atoms with Gasteiger partial charge >= 0.3 is 0 Å². The average molecular weight is 497 g/mol. The fraction of sp³-hybridized carbons (Fsp3) is 0.391. The SMILES string of the molecule is O=C(COc1ccc(Cl)c(F)c1)NC1CCN(C(=O)[C@@H]2C[C@H](O)c3cc(Cl)ccc3O2)CC1. The van der Waals surface area contributed by atoms with Gasteiger partial charge in [-0.1, -0.05) is 23.2 Å². The molecule has 2 N–H and O–H groups in total. The van der Waals surface area contributed by atoms with Crippen LogP contribution in [0.3, 0.4) is 0 Å². The second kappa shape index (κ2) is 10.2. The van der Waals surface area contributed by atoms with Gasteiger partial charge in [-0.3, -0.25) is 9.59 Å². The van der Waals surface area contributed by atoms with Crippen LogP contribution in [0.15, 0.2) is 36.4 Å². The first-order valence-corrected chi connectivity index (χ1v) is 11.4. The molecule has 33 heavy (non-hydrogen) atoms. The lowest BCUT2D eigenvalue weighted by atomic mass is 9.97. The molecular formula is C23H23Cl2FN2O5. The molecule has 0 unspecified atom stereocenters. The van der Waals surface area contributed by atoms with Crippen LogP contribution in [-0.4, -0.2) is 53.7 Å². The van der Waals surface area contributed by atoms with E-state index >= 15 is 0 Å². The van der Waals surface area contributed by atoms with Crippen molar-refractivity contribution in [3.63, 3.8) is 0 Å². The number of hydrogen-bond donors (Lipinski definition) is 2. The number of nitrogens with one attached hydrogen (secondary N) is 1. The van der Waals surface area contributed by atoms with Gasteiger partial charge in [-0.15, -0.1) is 0 Å². The van der Waals surface area contributed by atoms with Gasteiger partial charge in [-0.25, -0.2) is 4.39 Å². The van der Waals surface area contributed by atoms with Crippen LogP contribution < -0.4 is 14.8 Å². The Bertz CT molecular complexity index is 1050. The maximum absolute atomic E-state index is 13.5. The molecule has 10 heteroatoms. The summed E-state index contributed by atoms with van der Waals surface area (Å²) in [6.45, 7) is 0.657. The zero-order chi connectivity index (χ0) is 23.5. The third-order valence-electron chi connectivity index (χ3n) is 5.75. The molecule has 2 amide bonds. The molecule has 176 valence electrons. The second-order valence-corrected chi connectivity index (χ2v) is 8.92. The van der Waals surface area contributed by atoms with Gasteiger partial charge in [0.15, 0.2) is 12.7 Å². The van der Waals surface area contributed by atoms with Gasteiger partial charge in [-0.2, -0.15) is 0 Å². The number of amides is 2. The number of carbonyl (C=O) groups excluding carboxylic acids is 2. The number of nitrogens with zero attached hydrogens (tertiary/aromatic N) is 1. The second-order valence-electron chi connectivity index (χ2n) is 8.07. The molecule has 2 aliphatic heterocycles. The Labute approximate surface area is 200 Å². The highest BCUT2D eigenvalue weighted by Crippen LogP contribution is 2.37. The maximum atomic E-state index is 13.5. The molecule has 0 bridgehead atoms. The summed E-state index contributed by atoms with van der Waals surface area (Å²) >= 11 is 11.6.